The van der Waals surface area contributed by atoms with Crippen LogP contribution in [0.3, 0.4) is 0 Å². The molecule has 0 spiro atoms. The SMILES string of the molecule is CCNC(=NCc1ccc(C)cc1)NCC(O)c1ccc(OC(C)C)cc1. The van der Waals surface area contributed by atoms with Crippen molar-refractivity contribution in [2.75, 3.05) is 13.1 Å². The van der Waals surface area contributed by atoms with E-state index < -0.39 is 6.10 Å². The lowest BCUT2D eigenvalue weighted by Gasteiger charge is -2.16. The number of aliphatic hydroxyl groups excluding tert-OH is 1. The number of nitrogens with one attached hydrogen (secondary N) is 2. The first-order valence-corrected chi connectivity index (χ1v) is 9.50. The molecule has 0 aliphatic heterocycles. The molecule has 0 saturated carbocycles. The quantitative estimate of drug-likeness (QED) is 0.492. The summed E-state index contributed by atoms with van der Waals surface area (Å²) in [5.41, 5.74) is 3.23. The summed E-state index contributed by atoms with van der Waals surface area (Å²) in [7, 11) is 0. The zero-order valence-electron chi connectivity index (χ0n) is 16.7. The summed E-state index contributed by atoms with van der Waals surface area (Å²) in [4.78, 5) is 4.59. The number of rotatable bonds is 8. The topological polar surface area (TPSA) is 65.9 Å². The smallest absolute Gasteiger partial charge is 0.191 e. The summed E-state index contributed by atoms with van der Waals surface area (Å²) in [5.74, 6) is 1.50. The van der Waals surface area contributed by atoms with Crippen LogP contribution in [-0.2, 0) is 6.54 Å². The molecule has 0 bridgehead atoms. The third-order valence-corrected chi connectivity index (χ3v) is 3.98. The lowest BCUT2D eigenvalue weighted by Crippen LogP contribution is -2.39. The third-order valence-electron chi connectivity index (χ3n) is 3.98. The Labute approximate surface area is 162 Å². The minimum Gasteiger partial charge on any atom is -0.491 e. The zero-order valence-corrected chi connectivity index (χ0v) is 16.7. The Bertz CT molecular complexity index is 709. The second-order valence-corrected chi connectivity index (χ2v) is 6.81. The van der Waals surface area contributed by atoms with Gasteiger partial charge < -0.3 is 20.5 Å². The summed E-state index contributed by atoms with van der Waals surface area (Å²) in [6.07, 6.45) is -0.490. The highest BCUT2D eigenvalue weighted by atomic mass is 16.5. The highest BCUT2D eigenvalue weighted by Crippen LogP contribution is 2.18. The molecule has 3 N–H and O–H groups in total. The number of hydrogen-bond donors (Lipinski definition) is 3. The van der Waals surface area contributed by atoms with Gasteiger partial charge in [0, 0.05) is 13.1 Å². The molecule has 2 rings (SSSR count). The molecule has 5 nitrogen and oxygen atoms in total. The Hall–Kier alpha value is -2.53. The lowest BCUT2D eigenvalue weighted by molar-refractivity contribution is 0.180. The molecule has 0 saturated heterocycles. The van der Waals surface area contributed by atoms with Crippen LogP contribution in [0, 0.1) is 6.92 Å². The average Bonchev–Trinajstić information content (AvgIpc) is 2.65. The summed E-state index contributed by atoms with van der Waals surface area (Å²) < 4.78 is 5.63. The molecule has 0 aliphatic carbocycles. The largest absolute Gasteiger partial charge is 0.491 e. The van der Waals surface area contributed by atoms with Crippen molar-refractivity contribution in [2.45, 2.75) is 46.4 Å². The number of ether oxygens (including phenoxy) is 1. The Balaban J connectivity index is 1.91. The summed E-state index contributed by atoms with van der Waals surface area (Å²) in [6, 6.07) is 15.9. The van der Waals surface area contributed by atoms with E-state index >= 15 is 0 Å². The molecule has 0 aliphatic rings. The van der Waals surface area contributed by atoms with E-state index in [0.717, 1.165) is 23.4 Å². The van der Waals surface area contributed by atoms with Gasteiger partial charge in [0.05, 0.1) is 18.8 Å². The second kappa shape index (κ2) is 10.6. The molecule has 2 aromatic carbocycles. The first-order valence-electron chi connectivity index (χ1n) is 9.50. The minimum absolute atomic E-state index is 0.134. The summed E-state index contributed by atoms with van der Waals surface area (Å²) in [5, 5.41) is 16.9. The van der Waals surface area contributed by atoms with Crippen molar-refractivity contribution in [3.05, 3.63) is 65.2 Å². The van der Waals surface area contributed by atoms with Crippen molar-refractivity contribution in [2.24, 2.45) is 4.99 Å². The molecular formula is C22H31N3O2. The molecule has 27 heavy (non-hydrogen) atoms. The van der Waals surface area contributed by atoms with Gasteiger partial charge in [0.25, 0.3) is 0 Å². The number of benzene rings is 2. The Morgan fingerprint density at radius 3 is 2.30 bits per heavy atom. The van der Waals surface area contributed by atoms with Gasteiger partial charge in [-0.15, -0.1) is 0 Å². The van der Waals surface area contributed by atoms with Crippen LogP contribution in [0.1, 0.15) is 43.6 Å². The molecule has 1 atom stereocenters. The highest BCUT2D eigenvalue weighted by molar-refractivity contribution is 5.79. The maximum atomic E-state index is 10.4. The predicted molar refractivity (Wildman–Crippen MR) is 111 cm³/mol. The van der Waals surface area contributed by atoms with Crippen LogP contribution in [0.5, 0.6) is 5.75 Å². The highest BCUT2D eigenvalue weighted by Gasteiger charge is 2.09. The molecule has 2 aromatic rings. The first-order chi connectivity index (χ1) is 13.0. The lowest BCUT2D eigenvalue weighted by atomic mass is 10.1. The van der Waals surface area contributed by atoms with Crippen LogP contribution in [0.15, 0.2) is 53.5 Å². The van der Waals surface area contributed by atoms with Crippen LogP contribution in [-0.4, -0.2) is 30.3 Å². The number of guanidine groups is 1. The molecule has 0 aromatic heterocycles. The van der Waals surface area contributed by atoms with Gasteiger partial charge in [-0.05, 0) is 51.0 Å². The molecule has 0 radical (unpaired) electrons. The Morgan fingerprint density at radius 2 is 1.70 bits per heavy atom. The van der Waals surface area contributed by atoms with E-state index in [4.69, 9.17) is 4.74 Å². The second-order valence-electron chi connectivity index (χ2n) is 6.81. The van der Waals surface area contributed by atoms with E-state index in [1.165, 1.54) is 5.56 Å². The van der Waals surface area contributed by atoms with Gasteiger partial charge in [-0.2, -0.15) is 0 Å². The van der Waals surface area contributed by atoms with E-state index in [1.807, 2.05) is 45.0 Å². The Morgan fingerprint density at radius 1 is 1.04 bits per heavy atom. The van der Waals surface area contributed by atoms with Gasteiger partial charge in [-0.3, -0.25) is 0 Å². The molecule has 0 fully saturated rings. The van der Waals surface area contributed by atoms with E-state index in [9.17, 15) is 5.11 Å². The molecule has 146 valence electrons. The summed E-state index contributed by atoms with van der Waals surface area (Å²) in [6.45, 7) is 9.80. The molecular weight excluding hydrogens is 338 g/mol. The van der Waals surface area contributed by atoms with Crippen molar-refractivity contribution in [1.82, 2.24) is 10.6 Å². The van der Waals surface area contributed by atoms with Crippen molar-refractivity contribution in [1.29, 1.82) is 0 Å². The normalized spacial score (nSPS) is 12.7. The monoisotopic (exact) mass is 369 g/mol. The first kappa shape index (κ1) is 20.8. The molecule has 0 heterocycles. The maximum absolute atomic E-state index is 10.4. The molecule has 0 amide bonds. The molecule has 5 heteroatoms. The van der Waals surface area contributed by atoms with Crippen LogP contribution < -0.4 is 15.4 Å². The van der Waals surface area contributed by atoms with Crippen molar-refractivity contribution in [3.63, 3.8) is 0 Å². The van der Waals surface area contributed by atoms with Crippen LogP contribution in [0.4, 0.5) is 0 Å². The third kappa shape index (κ3) is 7.31. The van der Waals surface area contributed by atoms with Gasteiger partial charge in [-0.25, -0.2) is 4.99 Å². The number of aryl methyl sites for hydroxylation is 1. The number of nitrogens with zero attached hydrogens (tertiary/aromatic N) is 1. The van der Waals surface area contributed by atoms with Gasteiger partial charge in [0.2, 0.25) is 0 Å². The van der Waals surface area contributed by atoms with Crippen molar-refractivity contribution >= 4 is 5.96 Å². The van der Waals surface area contributed by atoms with E-state index in [-0.39, 0.29) is 6.10 Å². The average molecular weight is 370 g/mol. The fourth-order valence-corrected chi connectivity index (χ4v) is 2.56. The summed E-state index contributed by atoms with van der Waals surface area (Å²) >= 11 is 0. The van der Waals surface area contributed by atoms with Crippen LogP contribution >= 0.6 is 0 Å². The van der Waals surface area contributed by atoms with Crippen LogP contribution in [0.2, 0.25) is 0 Å². The van der Waals surface area contributed by atoms with Gasteiger partial charge >= 0.3 is 0 Å². The van der Waals surface area contributed by atoms with E-state index in [0.29, 0.717) is 19.0 Å². The number of hydrogen-bond acceptors (Lipinski definition) is 3. The zero-order chi connectivity index (χ0) is 19.6. The molecule has 1 unspecified atom stereocenters. The fraction of sp³-hybridized carbons (Fsp3) is 0.409. The van der Waals surface area contributed by atoms with E-state index in [1.54, 1.807) is 0 Å². The van der Waals surface area contributed by atoms with Crippen molar-refractivity contribution < 1.29 is 9.84 Å². The van der Waals surface area contributed by atoms with Gasteiger partial charge in [0.1, 0.15) is 5.75 Å². The van der Waals surface area contributed by atoms with Gasteiger partial charge in [-0.1, -0.05) is 42.0 Å². The fourth-order valence-electron chi connectivity index (χ4n) is 2.56. The van der Waals surface area contributed by atoms with Crippen LogP contribution in [0.25, 0.3) is 0 Å². The standard InChI is InChI=1S/C22H31N3O2/c1-5-23-22(24-14-18-8-6-17(4)7-9-18)25-15-21(26)19-10-12-20(13-11-19)27-16(2)3/h6-13,16,21,26H,5,14-15H2,1-4H3,(H2,23,24,25). The van der Waals surface area contributed by atoms with Crippen molar-refractivity contribution in [3.8, 4) is 5.75 Å². The predicted octanol–water partition coefficient (Wildman–Crippen LogP) is 3.57. The van der Waals surface area contributed by atoms with E-state index in [2.05, 4.69) is 46.8 Å². The number of aliphatic hydroxyl groups is 1. The maximum Gasteiger partial charge on any atom is 0.191 e. The minimum atomic E-state index is -0.624. The number of aliphatic imine (C=N–C) groups is 1. The van der Waals surface area contributed by atoms with Gasteiger partial charge in [0.15, 0.2) is 5.96 Å². The Kier molecular flexibility index (Phi) is 8.14.